The third kappa shape index (κ3) is 4.64. The Hall–Kier alpha value is -1.30. The second kappa shape index (κ2) is 4.48. The number of halogens is 3. The maximum atomic E-state index is 12.0. The Balaban J connectivity index is 2.55. The molecule has 0 atom stereocenters. The molecule has 1 aromatic heterocycles. The van der Waals surface area contributed by atoms with Gasteiger partial charge in [0.05, 0.1) is 6.54 Å². The Kier molecular flexibility index (Phi) is 3.52. The van der Waals surface area contributed by atoms with Gasteiger partial charge in [-0.25, -0.2) is 4.98 Å². The second-order valence-electron chi connectivity index (χ2n) is 3.38. The average Bonchev–Trinajstić information content (AvgIpc) is 1.99. The van der Waals surface area contributed by atoms with E-state index in [0.29, 0.717) is 11.4 Å². The number of aromatic nitrogens is 1. The topological polar surface area (TPSA) is 42.2 Å². The highest BCUT2D eigenvalue weighted by Gasteiger charge is 2.28. The molecule has 0 fully saturated rings. The molecule has 0 radical (unpaired) electrons. The molecular weight excluding hydrogens is 207 g/mol. The van der Waals surface area contributed by atoms with Crippen molar-refractivity contribution in [2.24, 2.45) is 0 Å². The Labute approximate surface area is 85.7 Å². The van der Waals surface area contributed by atoms with Gasteiger partial charge in [-0.1, -0.05) is 0 Å². The van der Waals surface area contributed by atoms with Crippen LogP contribution in [0.4, 0.5) is 19.0 Å². The van der Waals surface area contributed by atoms with Gasteiger partial charge in [-0.05, 0) is 24.7 Å². The Bertz CT molecular complexity index is 325. The molecule has 2 N–H and O–H groups in total. The zero-order chi connectivity index (χ0) is 11.5. The van der Waals surface area contributed by atoms with Crippen molar-refractivity contribution in [1.82, 2.24) is 9.88 Å². The summed E-state index contributed by atoms with van der Waals surface area (Å²) in [4.78, 5) is 4.93. The van der Waals surface area contributed by atoms with Crippen LogP contribution in [0.25, 0.3) is 0 Å². The summed E-state index contributed by atoms with van der Waals surface area (Å²) >= 11 is 0. The van der Waals surface area contributed by atoms with Gasteiger partial charge >= 0.3 is 6.18 Å². The van der Waals surface area contributed by atoms with Gasteiger partial charge in [0.1, 0.15) is 5.82 Å². The highest BCUT2D eigenvalue weighted by atomic mass is 19.4. The van der Waals surface area contributed by atoms with E-state index in [1.165, 1.54) is 18.1 Å². The largest absolute Gasteiger partial charge is 0.401 e. The summed E-state index contributed by atoms with van der Waals surface area (Å²) in [6.07, 6.45) is -2.70. The van der Waals surface area contributed by atoms with Gasteiger partial charge in [0, 0.05) is 12.7 Å². The van der Waals surface area contributed by atoms with E-state index in [1.54, 1.807) is 12.1 Å². The van der Waals surface area contributed by atoms with E-state index in [0.717, 1.165) is 0 Å². The van der Waals surface area contributed by atoms with Crippen molar-refractivity contribution in [3.63, 3.8) is 0 Å². The van der Waals surface area contributed by atoms with Crippen molar-refractivity contribution < 1.29 is 13.2 Å². The molecule has 0 aliphatic carbocycles. The van der Waals surface area contributed by atoms with Gasteiger partial charge in [-0.3, -0.25) is 4.90 Å². The van der Waals surface area contributed by atoms with Crippen LogP contribution in [0, 0.1) is 0 Å². The molecule has 3 nitrogen and oxygen atoms in total. The van der Waals surface area contributed by atoms with Gasteiger partial charge in [0.25, 0.3) is 0 Å². The third-order valence-corrected chi connectivity index (χ3v) is 1.75. The number of rotatable bonds is 3. The Morgan fingerprint density at radius 3 is 2.67 bits per heavy atom. The normalized spacial score (nSPS) is 12.1. The smallest absolute Gasteiger partial charge is 0.384 e. The summed E-state index contributed by atoms with van der Waals surface area (Å²) in [5.41, 5.74) is 6.13. The molecule has 1 rings (SSSR count). The quantitative estimate of drug-likeness (QED) is 0.840. The molecule has 0 amide bonds. The van der Waals surface area contributed by atoms with Crippen molar-refractivity contribution in [2.75, 3.05) is 19.3 Å². The molecule has 15 heavy (non-hydrogen) atoms. The van der Waals surface area contributed by atoms with E-state index in [4.69, 9.17) is 5.73 Å². The lowest BCUT2D eigenvalue weighted by atomic mass is 10.2. The lowest BCUT2D eigenvalue weighted by Gasteiger charge is -2.18. The first-order valence-electron chi connectivity index (χ1n) is 4.32. The molecule has 0 aliphatic heterocycles. The number of nitrogen functional groups attached to an aromatic ring is 1. The highest BCUT2D eigenvalue weighted by molar-refractivity contribution is 5.31. The maximum absolute atomic E-state index is 12.0. The predicted octanol–water partition coefficient (Wildman–Crippen LogP) is 1.66. The van der Waals surface area contributed by atoms with Crippen molar-refractivity contribution in [1.29, 1.82) is 0 Å². The molecule has 6 heteroatoms. The molecular formula is C9H12F3N3. The first kappa shape index (κ1) is 11.8. The monoisotopic (exact) mass is 219 g/mol. The summed E-state index contributed by atoms with van der Waals surface area (Å²) in [6, 6.07) is 3.20. The Morgan fingerprint density at radius 2 is 2.13 bits per heavy atom. The summed E-state index contributed by atoms with van der Waals surface area (Å²) in [5.74, 6) is 0.313. The number of hydrogen-bond donors (Lipinski definition) is 1. The van der Waals surface area contributed by atoms with E-state index in [-0.39, 0.29) is 6.54 Å². The number of nitrogens with two attached hydrogens (primary N) is 1. The van der Waals surface area contributed by atoms with E-state index >= 15 is 0 Å². The molecule has 1 heterocycles. The Morgan fingerprint density at radius 1 is 1.47 bits per heavy atom. The number of pyridine rings is 1. The van der Waals surface area contributed by atoms with Crippen LogP contribution in [0.1, 0.15) is 5.56 Å². The van der Waals surface area contributed by atoms with Gasteiger partial charge in [0.15, 0.2) is 0 Å². The maximum Gasteiger partial charge on any atom is 0.401 e. The molecule has 0 saturated heterocycles. The minimum atomic E-state index is -4.17. The van der Waals surface area contributed by atoms with Crippen LogP contribution >= 0.6 is 0 Å². The zero-order valence-corrected chi connectivity index (χ0v) is 8.25. The fourth-order valence-corrected chi connectivity index (χ4v) is 1.27. The zero-order valence-electron chi connectivity index (χ0n) is 8.25. The van der Waals surface area contributed by atoms with Crippen molar-refractivity contribution in [3.8, 4) is 0 Å². The molecule has 0 unspecified atom stereocenters. The molecule has 0 saturated carbocycles. The summed E-state index contributed by atoms with van der Waals surface area (Å²) in [7, 11) is 1.41. The average molecular weight is 219 g/mol. The lowest BCUT2D eigenvalue weighted by Crippen LogP contribution is -2.30. The lowest BCUT2D eigenvalue weighted by molar-refractivity contribution is -0.144. The molecule has 84 valence electrons. The number of anilines is 1. The molecule has 0 bridgehead atoms. The molecule has 0 aromatic carbocycles. The van der Waals surface area contributed by atoms with Gasteiger partial charge in [-0.2, -0.15) is 13.2 Å². The van der Waals surface area contributed by atoms with Crippen LogP contribution in [-0.2, 0) is 6.54 Å². The SMILES string of the molecule is CN(Cc1ccnc(N)c1)CC(F)(F)F. The van der Waals surface area contributed by atoms with E-state index < -0.39 is 12.7 Å². The predicted molar refractivity (Wildman–Crippen MR) is 51.0 cm³/mol. The second-order valence-corrected chi connectivity index (χ2v) is 3.38. The minimum Gasteiger partial charge on any atom is -0.384 e. The first-order chi connectivity index (χ1) is 6.87. The standard InChI is InChI=1S/C9H12F3N3/c1-15(6-9(10,11)12)5-7-2-3-14-8(13)4-7/h2-4H,5-6H2,1H3,(H2,13,14). The van der Waals surface area contributed by atoms with Crippen LogP contribution in [-0.4, -0.2) is 29.7 Å². The summed E-state index contributed by atoms with van der Waals surface area (Å²) in [5, 5.41) is 0. The van der Waals surface area contributed by atoms with E-state index in [9.17, 15) is 13.2 Å². The van der Waals surface area contributed by atoms with Crippen molar-refractivity contribution >= 4 is 5.82 Å². The molecule has 0 spiro atoms. The van der Waals surface area contributed by atoms with Crippen LogP contribution in [0.3, 0.4) is 0 Å². The van der Waals surface area contributed by atoms with Crippen molar-refractivity contribution in [3.05, 3.63) is 23.9 Å². The molecule has 0 aliphatic rings. The number of nitrogens with zero attached hydrogens (tertiary/aromatic N) is 2. The fraction of sp³-hybridized carbons (Fsp3) is 0.444. The van der Waals surface area contributed by atoms with Crippen LogP contribution in [0.5, 0.6) is 0 Å². The number of alkyl halides is 3. The van der Waals surface area contributed by atoms with Crippen LogP contribution in [0.2, 0.25) is 0 Å². The fourth-order valence-electron chi connectivity index (χ4n) is 1.27. The summed E-state index contributed by atoms with van der Waals surface area (Å²) < 4.78 is 36.0. The van der Waals surface area contributed by atoms with Crippen LogP contribution in [0.15, 0.2) is 18.3 Å². The first-order valence-corrected chi connectivity index (χ1v) is 4.32. The van der Waals surface area contributed by atoms with E-state index in [2.05, 4.69) is 4.98 Å². The van der Waals surface area contributed by atoms with Crippen LogP contribution < -0.4 is 5.73 Å². The van der Waals surface area contributed by atoms with Gasteiger partial charge in [-0.15, -0.1) is 0 Å². The molecule has 1 aromatic rings. The highest BCUT2D eigenvalue weighted by Crippen LogP contribution is 2.17. The van der Waals surface area contributed by atoms with E-state index in [1.807, 2.05) is 0 Å². The third-order valence-electron chi connectivity index (χ3n) is 1.75. The summed E-state index contributed by atoms with van der Waals surface area (Å²) in [6.45, 7) is -0.735. The van der Waals surface area contributed by atoms with Gasteiger partial charge < -0.3 is 5.73 Å². The minimum absolute atomic E-state index is 0.201. The number of hydrogen-bond acceptors (Lipinski definition) is 3. The van der Waals surface area contributed by atoms with Gasteiger partial charge in [0.2, 0.25) is 0 Å². The van der Waals surface area contributed by atoms with Crippen molar-refractivity contribution in [2.45, 2.75) is 12.7 Å².